The summed E-state index contributed by atoms with van der Waals surface area (Å²) >= 11 is 0. The molecular formula is C13H19N3O3. The molecule has 104 valence electrons. The summed E-state index contributed by atoms with van der Waals surface area (Å²) in [6.07, 6.45) is 1.72. The van der Waals surface area contributed by atoms with Crippen molar-refractivity contribution in [3.63, 3.8) is 0 Å². The predicted octanol–water partition coefficient (Wildman–Crippen LogP) is 0.157. The number of hydrogen-bond acceptors (Lipinski definition) is 5. The van der Waals surface area contributed by atoms with E-state index in [1.54, 1.807) is 6.20 Å². The van der Waals surface area contributed by atoms with Gasteiger partial charge in [0.15, 0.2) is 0 Å². The lowest BCUT2D eigenvalue weighted by molar-refractivity contribution is -0.144. The fraction of sp³-hybridized carbons (Fsp3) is 0.462. The number of hydrogen-bond donors (Lipinski definition) is 2. The van der Waals surface area contributed by atoms with E-state index >= 15 is 0 Å². The Morgan fingerprint density at radius 1 is 1.47 bits per heavy atom. The lowest BCUT2D eigenvalue weighted by Crippen LogP contribution is -2.47. The summed E-state index contributed by atoms with van der Waals surface area (Å²) in [6, 6.07) is 3.15. The molecule has 1 atom stereocenters. The number of ether oxygens (including phenoxy) is 1. The van der Waals surface area contributed by atoms with Crippen molar-refractivity contribution in [1.29, 1.82) is 0 Å². The SMILES string of the molecule is COC(=O)C(CNCc1ncccc1C)NC(C)=O. The van der Waals surface area contributed by atoms with Gasteiger partial charge >= 0.3 is 5.97 Å². The van der Waals surface area contributed by atoms with Crippen molar-refractivity contribution in [3.05, 3.63) is 29.6 Å². The van der Waals surface area contributed by atoms with E-state index in [9.17, 15) is 9.59 Å². The molecule has 1 heterocycles. The summed E-state index contributed by atoms with van der Waals surface area (Å²) in [5, 5.41) is 5.62. The van der Waals surface area contributed by atoms with Gasteiger partial charge in [-0.1, -0.05) is 6.07 Å². The Morgan fingerprint density at radius 2 is 2.21 bits per heavy atom. The van der Waals surface area contributed by atoms with Gasteiger partial charge in [0.25, 0.3) is 0 Å². The minimum Gasteiger partial charge on any atom is -0.467 e. The van der Waals surface area contributed by atoms with Crippen LogP contribution in [0, 0.1) is 6.92 Å². The number of aryl methyl sites for hydroxylation is 1. The number of pyridine rings is 1. The zero-order chi connectivity index (χ0) is 14.3. The standard InChI is InChI=1S/C13H19N3O3/c1-9-5-4-6-15-11(9)7-14-8-12(13(18)19-3)16-10(2)17/h4-6,12,14H,7-8H2,1-3H3,(H,16,17). The van der Waals surface area contributed by atoms with Crippen molar-refractivity contribution in [2.75, 3.05) is 13.7 Å². The van der Waals surface area contributed by atoms with E-state index in [-0.39, 0.29) is 5.91 Å². The third kappa shape index (κ3) is 5.05. The number of esters is 1. The number of nitrogens with one attached hydrogen (secondary N) is 2. The number of carbonyl (C=O) groups is 2. The van der Waals surface area contributed by atoms with Gasteiger partial charge in [-0.2, -0.15) is 0 Å². The van der Waals surface area contributed by atoms with Crippen LogP contribution in [-0.4, -0.2) is 36.6 Å². The molecule has 0 aliphatic heterocycles. The Hall–Kier alpha value is -1.95. The average Bonchev–Trinajstić information content (AvgIpc) is 2.38. The van der Waals surface area contributed by atoms with Gasteiger partial charge in [0.1, 0.15) is 6.04 Å². The summed E-state index contributed by atoms with van der Waals surface area (Å²) < 4.78 is 4.63. The van der Waals surface area contributed by atoms with E-state index in [0.717, 1.165) is 11.3 Å². The van der Waals surface area contributed by atoms with Crippen molar-refractivity contribution in [3.8, 4) is 0 Å². The molecule has 0 fully saturated rings. The van der Waals surface area contributed by atoms with E-state index in [4.69, 9.17) is 0 Å². The molecular weight excluding hydrogens is 246 g/mol. The molecule has 2 N–H and O–H groups in total. The quantitative estimate of drug-likeness (QED) is 0.716. The number of carbonyl (C=O) groups excluding carboxylic acids is 2. The summed E-state index contributed by atoms with van der Waals surface area (Å²) in [5.41, 5.74) is 1.98. The van der Waals surface area contributed by atoms with E-state index in [1.807, 2.05) is 19.1 Å². The third-order valence-corrected chi connectivity index (χ3v) is 2.62. The van der Waals surface area contributed by atoms with Crippen molar-refractivity contribution >= 4 is 11.9 Å². The lowest BCUT2D eigenvalue weighted by atomic mass is 10.2. The maximum atomic E-state index is 11.5. The van der Waals surface area contributed by atoms with Gasteiger partial charge in [-0.3, -0.25) is 9.78 Å². The monoisotopic (exact) mass is 265 g/mol. The molecule has 0 saturated heterocycles. The second-order valence-corrected chi connectivity index (χ2v) is 4.17. The molecule has 1 rings (SSSR count). The van der Waals surface area contributed by atoms with Crippen molar-refractivity contribution in [2.45, 2.75) is 26.4 Å². The van der Waals surface area contributed by atoms with Crippen LogP contribution in [0.4, 0.5) is 0 Å². The van der Waals surface area contributed by atoms with Crippen LogP contribution in [0.25, 0.3) is 0 Å². The highest BCUT2D eigenvalue weighted by Crippen LogP contribution is 2.02. The molecule has 19 heavy (non-hydrogen) atoms. The molecule has 1 aromatic rings. The summed E-state index contributed by atoms with van der Waals surface area (Å²) in [5.74, 6) is -0.744. The van der Waals surface area contributed by atoms with E-state index < -0.39 is 12.0 Å². The minimum absolute atomic E-state index is 0.272. The number of methoxy groups -OCH3 is 1. The molecule has 0 aliphatic rings. The third-order valence-electron chi connectivity index (χ3n) is 2.62. The molecule has 1 aromatic heterocycles. The molecule has 0 spiro atoms. The highest BCUT2D eigenvalue weighted by molar-refractivity contribution is 5.83. The first-order valence-corrected chi connectivity index (χ1v) is 6.00. The number of nitrogens with zero attached hydrogens (tertiary/aromatic N) is 1. The molecule has 0 saturated carbocycles. The molecule has 0 bridgehead atoms. The highest BCUT2D eigenvalue weighted by atomic mass is 16.5. The van der Waals surface area contributed by atoms with Crippen LogP contribution in [0.3, 0.4) is 0 Å². The molecule has 0 aromatic carbocycles. The Balaban J connectivity index is 2.50. The van der Waals surface area contributed by atoms with E-state index in [2.05, 4.69) is 20.4 Å². The van der Waals surface area contributed by atoms with Crippen LogP contribution in [0.2, 0.25) is 0 Å². The van der Waals surface area contributed by atoms with Gasteiger partial charge in [0, 0.05) is 26.2 Å². The zero-order valence-corrected chi connectivity index (χ0v) is 11.4. The van der Waals surface area contributed by atoms with Crippen LogP contribution >= 0.6 is 0 Å². The Kier molecular flexibility index (Phi) is 5.95. The first kappa shape index (κ1) is 15.1. The summed E-state index contributed by atoms with van der Waals surface area (Å²) in [6.45, 7) is 4.15. The Morgan fingerprint density at radius 3 is 2.79 bits per heavy atom. The fourth-order valence-corrected chi connectivity index (χ4v) is 1.62. The normalized spacial score (nSPS) is 11.7. The van der Waals surface area contributed by atoms with Gasteiger partial charge < -0.3 is 15.4 Å². The minimum atomic E-state index is -0.688. The predicted molar refractivity (Wildman–Crippen MR) is 70.3 cm³/mol. The molecule has 1 amide bonds. The largest absolute Gasteiger partial charge is 0.467 e. The van der Waals surface area contributed by atoms with Crippen LogP contribution in [0.15, 0.2) is 18.3 Å². The van der Waals surface area contributed by atoms with Gasteiger partial charge in [-0.05, 0) is 18.6 Å². The van der Waals surface area contributed by atoms with Crippen molar-refractivity contribution in [1.82, 2.24) is 15.6 Å². The van der Waals surface area contributed by atoms with Crippen LogP contribution in [0.5, 0.6) is 0 Å². The maximum Gasteiger partial charge on any atom is 0.329 e. The number of aromatic nitrogens is 1. The number of rotatable bonds is 6. The summed E-state index contributed by atoms with van der Waals surface area (Å²) in [4.78, 5) is 26.7. The van der Waals surface area contributed by atoms with Gasteiger partial charge in [0.2, 0.25) is 5.91 Å². The zero-order valence-electron chi connectivity index (χ0n) is 11.4. The summed E-state index contributed by atoms with van der Waals surface area (Å²) in [7, 11) is 1.29. The maximum absolute atomic E-state index is 11.5. The van der Waals surface area contributed by atoms with Gasteiger partial charge in [-0.25, -0.2) is 4.79 Å². The van der Waals surface area contributed by atoms with Crippen LogP contribution < -0.4 is 10.6 Å². The fourth-order valence-electron chi connectivity index (χ4n) is 1.62. The van der Waals surface area contributed by atoms with E-state index in [1.165, 1.54) is 14.0 Å². The first-order valence-electron chi connectivity index (χ1n) is 6.00. The van der Waals surface area contributed by atoms with Gasteiger partial charge in [0.05, 0.1) is 12.8 Å². The Bertz CT molecular complexity index is 449. The molecule has 6 heteroatoms. The number of amides is 1. The van der Waals surface area contributed by atoms with Crippen LogP contribution in [0.1, 0.15) is 18.2 Å². The second-order valence-electron chi connectivity index (χ2n) is 4.17. The Labute approximate surface area is 112 Å². The topological polar surface area (TPSA) is 80.3 Å². The first-order chi connectivity index (χ1) is 9.04. The average molecular weight is 265 g/mol. The van der Waals surface area contributed by atoms with Crippen molar-refractivity contribution < 1.29 is 14.3 Å². The molecule has 0 aliphatic carbocycles. The van der Waals surface area contributed by atoms with Gasteiger partial charge in [-0.15, -0.1) is 0 Å². The molecule has 6 nitrogen and oxygen atoms in total. The van der Waals surface area contributed by atoms with Crippen LogP contribution in [-0.2, 0) is 20.9 Å². The second kappa shape index (κ2) is 7.48. The van der Waals surface area contributed by atoms with Crippen molar-refractivity contribution in [2.24, 2.45) is 0 Å². The smallest absolute Gasteiger partial charge is 0.329 e. The molecule has 1 unspecified atom stereocenters. The molecule has 0 radical (unpaired) electrons. The lowest BCUT2D eigenvalue weighted by Gasteiger charge is -2.16. The highest BCUT2D eigenvalue weighted by Gasteiger charge is 2.19. The van der Waals surface area contributed by atoms with E-state index in [0.29, 0.717) is 13.1 Å².